The van der Waals surface area contributed by atoms with Crippen LogP contribution in [0.1, 0.15) is 44.4 Å². The van der Waals surface area contributed by atoms with E-state index in [2.05, 4.69) is 62.0 Å². The van der Waals surface area contributed by atoms with E-state index in [-0.39, 0.29) is 0 Å². The predicted molar refractivity (Wildman–Crippen MR) is 93.8 cm³/mol. The third-order valence-corrected chi connectivity index (χ3v) is 4.32. The van der Waals surface area contributed by atoms with E-state index in [4.69, 9.17) is 0 Å². The van der Waals surface area contributed by atoms with Crippen LogP contribution in [0.25, 0.3) is 29.5 Å². The molecule has 0 saturated heterocycles. The third-order valence-electron chi connectivity index (χ3n) is 4.32. The van der Waals surface area contributed by atoms with Gasteiger partial charge in [-0.2, -0.15) is 0 Å². The topological polar surface area (TPSA) is 4.93 Å². The molecule has 2 aliphatic rings. The minimum absolute atomic E-state index is 0.587. The van der Waals surface area contributed by atoms with Crippen LogP contribution in [-0.4, -0.2) is 4.57 Å². The minimum atomic E-state index is 0.587. The van der Waals surface area contributed by atoms with Gasteiger partial charge in [0.1, 0.15) is 0 Å². The van der Waals surface area contributed by atoms with Gasteiger partial charge in [-0.3, -0.25) is 0 Å². The van der Waals surface area contributed by atoms with E-state index in [9.17, 15) is 0 Å². The van der Waals surface area contributed by atoms with Crippen LogP contribution in [0.15, 0.2) is 31.4 Å². The average molecular weight is 277 g/mol. The van der Waals surface area contributed by atoms with E-state index in [1.807, 2.05) is 6.08 Å². The van der Waals surface area contributed by atoms with Gasteiger partial charge in [-0.25, -0.2) is 0 Å². The van der Waals surface area contributed by atoms with Crippen molar-refractivity contribution in [3.05, 3.63) is 53.2 Å². The molecule has 1 heterocycles. The molecular weight excluding hydrogens is 254 g/mol. The average Bonchev–Trinajstić information content (AvgIpc) is 2.81. The van der Waals surface area contributed by atoms with Crippen LogP contribution in [0.3, 0.4) is 0 Å². The number of allylic oxidation sites excluding steroid dienone is 5. The van der Waals surface area contributed by atoms with E-state index in [1.165, 1.54) is 27.5 Å². The lowest BCUT2D eigenvalue weighted by atomic mass is 9.98. The Morgan fingerprint density at radius 1 is 1.43 bits per heavy atom. The molecule has 0 bridgehead atoms. The quantitative estimate of drug-likeness (QED) is 0.788. The highest BCUT2D eigenvalue weighted by atomic mass is 15.0. The maximum absolute atomic E-state index is 4.20. The van der Waals surface area contributed by atoms with Gasteiger partial charge in [0.15, 0.2) is 0 Å². The second kappa shape index (κ2) is 5.40. The van der Waals surface area contributed by atoms with Crippen molar-refractivity contribution in [1.82, 2.24) is 4.57 Å². The van der Waals surface area contributed by atoms with Crippen molar-refractivity contribution >= 4 is 29.5 Å². The Bertz CT molecular complexity index is 781. The largest absolute Gasteiger partial charge is 0.313 e. The van der Waals surface area contributed by atoms with Gasteiger partial charge in [-0.05, 0) is 49.8 Å². The fourth-order valence-electron chi connectivity index (χ4n) is 3.38. The maximum atomic E-state index is 4.20. The van der Waals surface area contributed by atoms with Crippen LogP contribution in [0.4, 0.5) is 0 Å². The molecule has 1 aromatic rings. The Hall–Kier alpha value is -2.02. The van der Waals surface area contributed by atoms with Crippen LogP contribution < -0.4 is 10.6 Å². The number of nitrogens with zero attached hydrogens (tertiary/aromatic N) is 1. The number of hydrogen-bond donors (Lipinski definition) is 0. The summed E-state index contributed by atoms with van der Waals surface area (Å²) in [6, 6.07) is 0. The van der Waals surface area contributed by atoms with Gasteiger partial charge >= 0.3 is 0 Å². The van der Waals surface area contributed by atoms with Crippen molar-refractivity contribution in [2.45, 2.75) is 33.1 Å². The van der Waals surface area contributed by atoms with Gasteiger partial charge in [-0.15, -0.1) is 0 Å². The first-order chi connectivity index (χ1) is 10.1. The van der Waals surface area contributed by atoms with Crippen molar-refractivity contribution in [1.29, 1.82) is 0 Å². The molecule has 21 heavy (non-hydrogen) atoms. The molecule has 0 N–H and O–H groups in total. The Kier molecular flexibility index (Phi) is 3.59. The summed E-state index contributed by atoms with van der Waals surface area (Å²) in [7, 11) is 0. The summed E-state index contributed by atoms with van der Waals surface area (Å²) < 4.78 is 2.39. The van der Waals surface area contributed by atoms with Crippen LogP contribution >= 0.6 is 0 Å². The fraction of sp³-hybridized carbons (Fsp3) is 0.300. The Morgan fingerprint density at radius 3 is 2.86 bits per heavy atom. The molecule has 1 nitrogen and oxygen atoms in total. The second-order valence-electron chi connectivity index (χ2n) is 6.09. The SMILES string of the molecule is C=Cc1c(C(=C)C)c2c(n1C1=CC=CCC1)=CCC(C)C=2. The predicted octanol–water partition coefficient (Wildman–Crippen LogP) is 3.96. The Morgan fingerprint density at radius 2 is 2.24 bits per heavy atom. The number of aromatic nitrogens is 1. The van der Waals surface area contributed by atoms with Gasteiger partial charge in [0.05, 0.1) is 5.69 Å². The molecule has 1 aromatic heterocycles. The highest BCUT2D eigenvalue weighted by molar-refractivity contribution is 5.75. The van der Waals surface area contributed by atoms with Gasteiger partial charge in [0, 0.05) is 21.8 Å². The smallest absolute Gasteiger partial charge is 0.0534 e. The Balaban J connectivity index is 2.41. The van der Waals surface area contributed by atoms with Gasteiger partial charge < -0.3 is 4.57 Å². The van der Waals surface area contributed by atoms with Crippen LogP contribution in [0.5, 0.6) is 0 Å². The molecule has 3 rings (SSSR count). The van der Waals surface area contributed by atoms with Crippen molar-refractivity contribution in [3.63, 3.8) is 0 Å². The molecular formula is C20H23N. The fourth-order valence-corrected chi connectivity index (χ4v) is 3.38. The van der Waals surface area contributed by atoms with Gasteiger partial charge in [0.25, 0.3) is 0 Å². The van der Waals surface area contributed by atoms with Gasteiger partial charge in [-0.1, -0.05) is 44.4 Å². The molecule has 0 aliphatic heterocycles. The molecule has 2 aliphatic carbocycles. The first kappa shape index (κ1) is 13.9. The summed E-state index contributed by atoms with van der Waals surface area (Å²) >= 11 is 0. The normalized spacial score (nSPS) is 20.1. The molecule has 108 valence electrons. The van der Waals surface area contributed by atoms with E-state index >= 15 is 0 Å². The zero-order chi connectivity index (χ0) is 15.0. The molecule has 0 radical (unpaired) electrons. The number of fused-ring (bicyclic) bond motifs is 1. The summed E-state index contributed by atoms with van der Waals surface area (Å²) in [5.41, 5.74) is 4.93. The molecule has 0 saturated carbocycles. The first-order valence-electron chi connectivity index (χ1n) is 7.74. The lowest BCUT2D eigenvalue weighted by Crippen LogP contribution is -2.33. The van der Waals surface area contributed by atoms with Crippen LogP contribution in [-0.2, 0) is 0 Å². The van der Waals surface area contributed by atoms with E-state index in [0.29, 0.717) is 5.92 Å². The molecule has 1 heteroatoms. The third kappa shape index (κ3) is 2.27. The highest BCUT2D eigenvalue weighted by Gasteiger charge is 2.18. The summed E-state index contributed by atoms with van der Waals surface area (Å²) in [5, 5.41) is 2.66. The zero-order valence-corrected chi connectivity index (χ0v) is 13.0. The summed E-state index contributed by atoms with van der Waals surface area (Å²) in [6.45, 7) is 12.6. The summed E-state index contributed by atoms with van der Waals surface area (Å²) in [6.07, 6.45) is 16.7. The lowest BCUT2D eigenvalue weighted by Gasteiger charge is -2.15. The van der Waals surface area contributed by atoms with Crippen LogP contribution in [0.2, 0.25) is 0 Å². The Labute approximate surface area is 127 Å². The van der Waals surface area contributed by atoms with Crippen molar-refractivity contribution < 1.29 is 0 Å². The minimum Gasteiger partial charge on any atom is -0.313 e. The monoisotopic (exact) mass is 277 g/mol. The number of hydrogen-bond acceptors (Lipinski definition) is 0. The highest BCUT2D eigenvalue weighted by Crippen LogP contribution is 2.23. The molecule has 1 atom stereocenters. The second-order valence-corrected chi connectivity index (χ2v) is 6.09. The molecule has 0 spiro atoms. The molecule has 0 fully saturated rings. The lowest BCUT2D eigenvalue weighted by molar-refractivity contribution is 0.792. The standard InChI is InChI=1S/C20H23N/c1-5-18-20(14(2)3)17-13-15(4)11-12-19(17)21(18)16-9-7-6-8-10-16/h5-7,9,12-13,15H,1-2,8,10-11H2,3-4H3. The maximum Gasteiger partial charge on any atom is 0.0534 e. The summed E-state index contributed by atoms with van der Waals surface area (Å²) in [5.74, 6) is 0.587. The van der Waals surface area contributed by atoms with Crippen molar-refractivity contribution in [2.75, 3.05) is 0 Å². The molecule has 0 aromatic carbocycles. The van der Waals surface area contributed by atoms with E-state index < -0.39 is 0 Å². The first-order valence-corrected chi connectivity index (χ1v) is 7.74. The van der Waals surface area contributed by atoms with Crippen molar-refractivity contribution in [2.24, 2.45) is 5.92 Å². The van der Waals surface area contributed by atoms with Gasteiger partial charge in [0.2, 0.25) is 0 Å². The zero-order valence-electron chi connectivity index (χ0n) is 13.0. The van der Waals surface area contributed by atoms with Crippen LogP contribution in [0, 0.1) is 5.92 Å². The van der Waals surface area contributed by atoms with E-state index in [1.54, 1.807) is 0 Å². The molecule has 0 amide bonds. The summed E-state index contributed by atoms with van der Waals surface area (Å²) in [4.78, 5) is 0. The van der Waals surface area contributed by atoms with Crippen molar-refractivity contribution in [3.8, 4) is 0 Å². The molecule has 1 unspecified atom stereocenters. The van der Waals surface area contributed by atoms with E-state index in [0.717, 1.165) is 24.8 Å². The number of rotatable bonds is 3.